The fourth-order valence-electron chi connectivity index (χ4n) is 3.09. The van der Waals surface area contributed by atoms with E-state index in [1.807, 2.05) is 30.3 Å². The highest BCUT2D eigenvalue weighted by molar-refractivity contribution is 7.19. The zero-order valence-electron chi connectivity index (χ0n) is 17.6. The monoisotopic (exact) mass is 429 g/mol. The topological polar surface area (TPSA) is 84.3 Å². The molecule has 0 amide bonds. The van der Waals surface area contributed by atoms with Gasteiger partial charge in [-0.2, -0.15) is 0 Å². The molecule has 8 heteroatoms. The van der Waals surface area contributed by atoms with Crippen molar-refractivity contribution < 1.29 is 19.3 Å². The second-order valence-corrected chi connectivity index (χ2v) is 7.64. The number of fused-ring (bicyclic) bond motifs is 1. The summed E-state index contributed by atoms with van der Waals surface area (Å²) in [5.74, 6) is 2.48. The molecule has 2 aromatic carbocycles. The molecule has 3 rings (SSSR count). The first-order valence-corrected chi connectivity index (χ1v) is 10.3. The van der Waals surface area contributed by atoms with Crippen LogP contribution in [-0.2, 0) is 6.54 Å². The third kappa shape index (κ3) is 4.95. The van der Waals surface area contributed by atoms with Crippen LogP contribution in [0.2, 0.25) is 0 Å². The van der Waals surface area contributed by atoms with Crippen LogP contribution < -0.4 is 24.8 Å². The van der Waals surface area contributed by atoms with Crippen molar-refractivity contribution in [1.29, 1.82) is 0 Å². The summed E-state index contributed by atoms with van der Waals surface area (Å²) in [6, 6.07) is 13.8. The average molecular weight is 430 g/mol. The molecule has 0 radical (unpaired) electrons. The van der Waals surface area contributed by atoms with Gasteiger partial charge in [0.15, 0.2) is 17.5 Å². The van der Waals surface area contributed by atoms with Crippen molar-refractivity contribution in [3.05, 3.63) is 52.9 Å². The molecule has 160 valence electrons. The van der Waals surface area contributed by atoms with Crippen LogP contribution in [0.15, 0.2) is 47.5 Å². The lowest BCUT2D eigenvalue weighted by Gasteiger charge is -2.17. The van der Waals surface area contributed by atoms with E-state index in [1.165, 1.54) is 0 Å². The quantitative estimate of drug-likeness (QED) is 0.376. The van der Waals surface area contributed by atoms with E-state index in [9.17, 15) is 5.11 Å². The standard InChI is InChI=1S/C22H27N3O4S/c1-23-22(24-12-15-9-18(28-3)19(29-4)11-17(15)27-2)25-13-16(26)21-10-14-7-5-6-8-20(14)30-21/h5-11,16,26H,12-13H2,1-4H3,(H2,23,24,25). The lowest BCUT2D eigenvalue weighted by atomic mass is 10.1. The summed E-state index contributed by atoms with van der Waals surface area (Å²) in [6.07, 6.45) is -0.628. The van der Waals surface area contributed by atoms with Crippen molar-refractivity contribution in [1.82, 2.24) is 10.6 Å². The van der Waals surface area contributed by atoms with E-state index in [4.69, 9.17) is 14.2 Å². The Bertz CT molecular complexity index is 986. The van der Waals surface area contributed by atoms with Gasteiger partial charge in [0.2, 0.25) is 0 Å². The van der Waals surface area contributed by atoms with Gasteiger partial charge in [-0.05, 0) is 23.6 Å². The van der Waals surface area contributed by atoms with E-state index in [1.54, 1.807) is 45.8 Å². The number of benzene rings is 2. The predicted octanol–water partition coefficient (Wildman–Crippen LogP) is 3.33. The maximum Gasteiger partial charge on any atom is 0.191 e. The Labute approximate surface area is 180 Å². The van der Waals surface area contributed by atoms with E-state index < -0.39 is 6.10 Å². The van der Waals surface area contributed by atoms with Gasteiger partial charge in [0.25, 0.3) is 0 Å². The van der Waals surface area contributed by atoms with Crippen LogP contribution in [0.25, 0.3) is 10.1 Å². The molecule has 1 heterocycles. The van der Waals surface area contributed by atoms with Crippen molar-refractivity contribution >= 4 is 27.4 Å². The molecule has 1 atom stereocenters. The van der Waals surface area contributed by atoms with E-state index in [0.29, 0.717) is 36.3 Å². The number of aliphatic hydroxyl groups excluding tert-OH is 1. The highest BCUT2D eigenvalue weighted by Gasteiger charge is 2.14. The number of aliphatic imine (C=N–C) groups is 1. The van der Waals surface area contributed by atoms with Gasteiger partial charge in [0, 0.05) is 41.3 Å². The van der Waals surface area contributed by atoms with Crippen LogP contribution in [0.1, 0.15) is 16.5 Å². The molecule has 0 saturated carbocycles. The minimum atomic E-state index is -0.628. The van der Waals surface area contributed by atoms with Crippen LogP contribution in [0.4, 0.5) is 0 Å². The number of nitrogens with zero attached hydrogens (tertiary/aromatic N) is 1. The molecular weight excluding hydrogens is 402 g/mol. The summed E-state index contributed by atoms with van der Waals surface area (Å²) >= 11 is 1.59. The number of aliphatic hydroxyl groups is 1. The number of methoxy groups -OCH3 is 3. The summed E-state index contributed by atoms with van der Waals surface area (Å²) in [4.78, 5) is 5.15. The van der Waals surface area contributed by atoms with Crippen molar-refractivity contribution in [3.8, 4) is 17.2 Å². The summed E-state index contributed by atoms with van der Waals surface area (Å²) in [5.41, 5.74) is 0.892. The van der Waals surface area contributed by atoms with Gasteiger partial charge in [-0.1, -0.05) is 18.2 Å². The molecule has 3 aromatic rings. The molecule has 0 fully saturated rings. The second-order valence-electron chi connectivity index (χ2n) is 6.53. The second kappa shape index (κ2) is 10.2. The van der Waals surface area contributed by atoms with Gasteiger partial charge >= 0.3 is 0 Å². The summed E-state index contributed by atoms with van der Waals surface area (Å²) in [6.45, 7) is 0.803. The van der Waals surface area contributed by atoms with Gasteiger partial charge in [-0.15, -0.1) is 11.3 Å². The minimum absolute atomic E-state index is 0.343. The van der Waals surface area contributed by atoms with Crippen LogP contribution in [-0.4, -0.2) is 46.0 Å². The molecule has 0 spiro atoms. The number of thiophene rings is 1. The van der Waals surface area contributed by atoms with E-state index >= 15 is 0 Å². The normalized spacial score (nSPS) is 12.5. The Balaban J connectivity index is 1.62. The van der Waals surface area contributed by atoms with E-state index in [0.717, 1.165) is 20.5 Å². The lowest BCUT2D eigenvalue weighted by Crippen LogP contribution is -2.39. The lowest BCUT2D eigenvalue weighted by molar-refractivity contribution is 0.184. The summed E-state index contributed by atoms with van der Waals surface area (Å²) < 4.78 is 17.3. The molecule has 1 aromatic heterocycles. The fourth-order valence-corrected chi connectivity index (χ4v) is 4.14. The maximum absolute atomic E-state index is 10.6. The molecule has 0 aliphatic heterocycles. The van der Waals surface area contributed by atoms with Gasteiger partial charge in [0.1, 0.15) is 11.9 Å². The first kappa shape index (κ1) is 21.7. The molecule has 30 heavy (non-hydrogen) atoms. The number of nitrogens with one attached hydrogen (secondary N) is 2. The zero-order valence-corrected chi connectivity index (χ0v) is 18.4. The van der Waals surface area contributed by atoms with Crippen LogP contribution in [0.5, 0.6) is 17.2 Å². The number of hydrogen-bond donors (Lipinski definition) is 3. The maximum atomic E-state index is 10.6. The Kier molecular flexibility index (Phi) is 7.37. The smallest absolute Gasteiger partial charge is 0.191 e. The molecule has 0 aliphatic carbocycles. The van der Waals surface area contributed by atoms with Crippen molar-refractivity contribution in [2.24, 2.45) is 4.99 Å². The van der Waals surface area contributed by atoms with E-state index in [2.05, 4.69) is 21.7 Å². The highest BCUT2D eigenvalue weighted by Crippen LogP contribution is 2.34. The molecule has 3 N–H and O–H groups in total. The third-order valence-electron chi connectivity index (χ3n) is 4.69. The predicted molar refractivity (Wildman–Crippen MR) is 121 cm³/mol. The van der Waals surface area contributed by atoms with Crippen LogP contribution in [0.3, 0.4) is 0 Å². The summed E-state index contributed by atoms with van der Waals surface area (Å²) in [5, 5.41) is 18.1. The fraction of sp³-hybridized carbons (Fsp3) is 0.318. The van der Waals surface area contributed by atoms with Gasteiger partial charge in [0.05, 0.1) is 21.3 Å². The van der Waals surface area contributed by atoms with Gasteiger partial charge in [-0.3, -0.25) is 4.99 Å². The largest absolute Gasteiger partial charge is 0.496 e. The zero-order chi connectivity index (χ0) is 21.5. The number of hydrogen-bond acceptors (Lipinski definition) is 6. The molecular formula is C22H27N3O4S. The summed E-state index contributed by atoms with van der Waals surface area (Å²) in [7, 11) is 6.48. The number of ether oxygens (including phenoxy) is 3. The molecule has 1 unspecified atom stereocenters. The van der Waals surface area contributed by atoms with Gasteiger partial charge < -0.3 is 30.0 Å². The molecule has 7 nitrogen and oxygen atoms in total. The number of rotatable bonds is 8. The Morgan fingerprint density at radius 2 is 1.70 bits per heavy atom. The van der Waals surface area contributed by atoms with Crippen molar-refractivity contribution in [3.63, 3.8) is 0 Å². The number of guanidine groups is 1. The Hall–Kier alpha value is -2.97. The van der Waals surface area contributed by atoms with Crippen LogP contribution in [0, 0.1) is 0 Å². The van der Waals surface area contributed by atoms with Crippen molar-refractivity contribution in [2.45, 2.75) is 12.6 Å². The Morgan fingerprint density at radius 3 is 2.37 bits per heavy atom. The third-order valence-corrected chi connectivity index (χ3v) is 5.91. The first-order chi connectivity index (χ1) is 14.6. The highest BCUT2D eigenvalue weighted by atomic mass is 32.1. The van der Waals surface area contributed by atoms with E-state index in [-0.39, 0.29) is 0 Å². The first-order valence-electron chi connectivity index (χ1n) is 9.49. The SMILES string of the molecule is CN=C(NCc1cc(OC)c(OC)cc1OC)NCC(O)c1cc2ccccc2s1. The van der Waals surface area contributed by atoms with Crippen LogP contribution >= 0.6 is 11.3 Å². The minimum Gasteiger partial charge on any atom is -0.496 e. The molecule has 0 saturated heterocycles. The average Bonchev–Trinajstić information content (AvgIpc) is 3.22. The van der Waals surface area contributed by atoms with Crippen molar-refractivity contribution in [2.75, 3.05) is 34.9 Å². The molecule has 0 bridgehead atoms. The molecule has 0 aliphatic rings. The van der Waals surface area contributed by atoms with Gasteiger partial charge in [-0.25, -0.2) is 0 Å². The Morgan fingerprint density at radius 1 is 1.00 bits per heavy atom.